The lowest BCUT2D eigenvalue weighted by molar-refractivity contribution is -0.0821. The second-order valence-corrected chi connectivity index (χ2v) is 11.7. The first-order chi connectivity index (χ1) is 16.3. The van der Waals surface area contributed by atoms with Crippen molar-refractivity contribution in [2.45, 2.75) is 109 Å². The third kappa shape index (κ3) is 7.34. The second kappa shape index (κ2) is 11.6. The molecule has 3 aliphatic rings. The van der Waals surface area contributed by atoms with E-state index in [1.54, 1.807) is 0 Å². The Bertz CT molecular complexity index is 769. The van der Waals surface area contributed by atoms with Gasteiger partial charge in [-0.05, 0) is 105 Å². The van der Waals surface area contributed by atoms with E-state index in [4.69, 9.17) is 0 Å². The summed E-state index contributed by atoms with van der Waals surface area (Å²) >= 11 is 0. The molecule has 0 bridgehead atoms. The van der Waals surface area contributed by atoms with Crippen molar-refractivity contribution < 1.29 is 17.6 Å². The summed E-state index contributed by atoms with van der Waals surface area (Å²) in [6.07, 6.45) is 11.0. The minimum absolute atomic E-state index is 0.132. The van der Waals surface area contributed by atoms with Crippen LogP contribution >= 0.6 is 0 Å². The van der Waals surface area contributed by atoms with E-state index in [1.165, 1.54) is 68.9 Å². The fourth-order valence-electron chi connectivity index (χ4n) is 7.01. The number of alkyl halides is 3. The van der Waals surface area contributed by atoms with Crippen LogP contribution in [0.4, 0.5) is 17.6 Å². The number of halogens is 4. The van der Waals surface area contributed by atoms with Crippen LogP contribution in [0.3, 0.4) is 0 Å². The van der Waals surface area contributed by atoms with Crippen LogP contribution in [0, 0.1) is 29.6 Å². The Morgan fingerprint density at radius 2 is 1.35 bits per heavy atom. The van der Waals surface area contributed by atoms with Crippen molar-refractivity contribution in [3.63, 3.8) is 0 Å². The molecule has 0 atom stereocenters. The summed E-state index contributed by atoms with van der Waals surface area (Å²) in [7, 11) is 0. The molecule has 4 heteroatoms. The van der Waals surface area contributed by atoms with Gasteiger partial charge in [-0.15, -0.1) is 0 Å². The fraction of sp³-hybridized carbons (Fsp3) is 0.733. The van der Waals surface area contributed by atoms with Gasteiger partial charge in [-0.3, -0.25) is 0 Å². The van der Waals surface area contributed by atoms with Gasteiger partial charge < -0.3 is 0 Å². The third-order valence-corrected chi connectivity index (χ3v) is 9.33. The van der Waals surface area contributed by atoms with Gasteiger partial charge in [0, 0.05) is 5.92 Å². The summed E-state index contributed by atoms with van der Waals surface area (Å²) in [5.41, 5.74) is 2.99. The molecule has 3 saturated carbocycles. The van der Waals surface area contributed by atoms with Gasteiger partial charge in [0.2, 0.25) is 0 Å². The first-order valence-corrected chi connectivity index (χ1v) is 13.8. The van der Waals surface area contributed by atoms with Gasteiger partial charge in [0.05, 0.1) is 6.08 Å². The van der Waals surface area contributed by atoms with Crippen LogP contribution in [-0.2, 0) is 6.42 Å². The Kier molecular flexibility index (Phi) is 8.80. The molecule has 0 heterocycles. The third-order valence-electron chi connectivity index (χ3n) is 9.33. The topological polar surface area (TPSA) is 0 Å². The number of aryl methyl sites for hydroxylation is 1. The van der Waals surface area contributed by atoms with Gasteiger partial charge in [0.15, 0.2) is 0 Å². The molecular formula is C30H42F4. The molecule has 0 spiro atoms. The van der Waals surface area contributed by atoms with Gasteiger partial charge in [0.1, 0.15) is 5.83 Å². The summed E-state index contributed by atoms with van der Waals surface area (Å²) < 4.78 is 51.2. The van der Waals surface area contributed by atoms with Gasteiger partial charge in [-0.2, -0.15) is 13.2 Å². The van der Waals surface area contributed by atoms with Crippen molar-refractivity contribution in [3.8, 4) is 0 Å². The summed E-state index contributed by atoms with van der Waals surface area (Å²) in [6, 6.07) is 9.44. The van der Waals surface area contributed by atoms with Gasteiger partial charge in [-0.25, -0.2) is 4.39 Å². The zero-order valence-electron chi connectivity index (χ0n) is 20.8. The Balaban J connectivity index is 1.16. The van der Waals surface area contributed by atoms with Gasteiger partial charge in [0.25, 0.3) is 0 Å². The van der Waals surface area contributed by atoms with E-state index in [1.807, 2.05) is 0 Å². The Morgan fingerprint density at radius 1 is 0.794 bits per heavy atom. The molecule has 0 nitrogen and oxygen atoms in total. The van der Waals surface area contributed by atoms with Crippen molar-refractivity contribution in [1.82, 2.24) is 0 Å². The molecule has 1 aromatic rings. The lowest BCUT2D eigenvalue weighted by Gasteiger charge is -2.37. The zero-order chi connectivity index (χ0) is 24.1. The Labute approximate surface area is 203 Å². The van der Waals surface area contributed by atoms with E-state index in [2.05, 4.69) is 31.2 Å². The molecule has 0 saturated heterocycles. The number of benzene rings is 1. The highest BCUT2D eigenvalue weighted by Crippen LogP contribution is 2.44. The monoisotopic (exact) mass is 478 g/mol. The van der Waals surface area contributed by atoms with Crippen molar-refractivity contribution in [2.75, 3.05) is 0 Å². The van der Waals surface area contributed by atoms with Gasteiger partial charge >= 0.3 is 6.18 Å². The molecule has 3 fully saturated rings. The SMILES string of the molecule is CC1CCC(c2ccc(CCC3CCC(C4CCC(/C(F)=C/C(F)(F)F)CC4)CC3)cc2)CC1. The summed E-state index contributed by atoms with van der Waals surface area (Å²) in [5.74, 6) is 2.21. The number of allylic oxidation sites excluding steroid dienone is 2. The quantitative estimate of drug-likeness (QED) is 0.357. The first-order valence-electron chi connectivity index (χ1n) is 13.8. The average Bonchev–Trinajstić information content (AvgIpc) is 2.83. The minimum atomic E-state index is -4.55. The van der Waals surface area contributed by atoms with Crippen molar-refractivity contribution in [3.05, 3.63) is 47.3 Å². The fourth-order valence-corrected chi connectivity index (χ4v) is 7.01. The molecule has 0 aromatic heterocycles. The maximum Gasteiger partial charge on any atom is 0.412 e. The minimum Gasteiger partial charge on any atom is -0.212 e. The molecule has 0 N–H and O–H groups in total. The van der Waals surface area contributed by atoms with E-state index in [9.17, 15) is 17.6 Å². The number of rotatable bonds is 6. The lowest BCUT2D eigenvalue weighted by Crippen LogP contribution is -2.26. The zero-order valence-corrected chi connectivity index (χ0v) is 20.8. The highest BCUT2D eigenvalue weighted by molar-refractivity contribution is 5.26. The van der Waals surface area contributed by atoms with Crippen LogP contribution in [0.5, 0.6) is 0 Å². The molecule has 34 heavy (non-hydrogen) atoms. The van der Waals surface area contributed by atoms with Crippen LogP contribution in [0.15, 0.2) is 36.2 Å². The largest absolute Gasteiger partial charge is 0.412 e. The van der Waals surface area contributed by atoms with E-state index >= 15 is 0 Å². The van der Waals surface area contributed by atoms with Crippen molar-refractivity contribution in [1.29, 1.82) is 0 Å². The molecule has 3 aliphatic carbocycles. The molecule has 0 radical (unpaired) electrons. The maximum absolute atomic E-state index is 13.9. The Hall–Kier alpha value is -1.32. The van der Waals surface area contributed by atoms with E-state index in [0.717, 1.165) is 37.0 Å². The number of hydrogen-bond acceptors (Lipinski definition) is 0. The molecule has 190 valence electrons. The first kappa shape index (κ1) is 25.8. The molecule has 0 unspecified atom stereocenters. The normalized spacial score (nSPS) is 33.6. The standard InChI is InChI=1S/C30H42F4/c1-21-2-10-24(11-3-21)25-12-6-22(7-13-25)4-5-23-8-14-26(15-9-23)27-16-18-28(19-17-27)29(31)20-30(32,33)34/h6-7,12-13,20-21,23-24,26-28H,2-5,8-11,14-19H2,1H3/b29-20-. The van der Waals surface area contributed by atoms with Crippen LogP contribution in [0.2, 0.25) is 0 Å². The van der Waals surface area contributed by atoms with Crippen LogP contribution in [-0.4, -0.2) is 6.18 Å². The van der Waals surface area contributed by atoms with Crippen molar-refractivity contribution in [2.24, 2.45) is 29.6 Å². The molecule has 4 rings (SSSR count). The predicted octanol–water partition coefficient (Wildman–Crippen LogP) is 9.94. The molecule has 0 aliphatic heterocycles. The van der Waals surface area contributed by atoms with E-state index in [0.29, 0.717) is 24.7 Å². The molecule has 1 aromatic carbocycles. The highest BCUT2D eigenvalue weighted by atomic mass is 19.4. The maximum atomic E-state index is 13.9. The van der Waals surface area contributed by atoms with Gasteiger partial charge in [-0.1, -0.05) is 56.9 Å². The number of hydrogen-bond donors (Lipinski definition) is 0. The summed E-state index contributed by atoms with van der Waals surface area (Å²) in [6.45, 7) is 2.37. The second-order valence-electron chi connectivity index (χ2n) is 11.7. The summed E-state index contributed by atoms with van der Waals surface area (Å²) in [5, 5.41) is 0. The van der Waals surface area contributed by atoms with Crippen LogP contribution < -0.4 is 0 Å². The summed E-state index contributed by atoms with van der Waals surface area (Å²) in [4.78, 5) is 0. The predicted molar refractivity (Wildman–Crippen MR) is 131 cm³/mol. The lowest BCUT2D eigenvalue weighted by atomic mass is 9.68. The van der Waals surface area contributed by atoms with Crippen molar-refractivity contribution >= 4 is 0 Å². The Morgan fingerprint density at radius 3 is 1.91 bits per heavy atom. The van der Waals surface area contributed by atoms with E-state index in [-0.39, 0.29) is 6.08 Å². The smallest absolute Gasteiger partial charge is 0.212 e. The van der Waals surface area contributed by atoms with E-state index < -0.39 is 17.9 Å². The average molecular weight is 479 g/mol. The molecule has 0 amide bonds. The highest BCUT2D eigenvalue weighted by Gasteiger charge is 2.34. The van der Waals surface area contributed by atoms with Crippen LogP contribution in [0.1, 0.15) is 107 Å². The van der Waals surface area contributed by atoms with Crippen LogP contribution in [0.25, 0.3) is 0 Å². The molecular weight excluding hydrogens is 436 g/mol.